The minimum atomic E-state index is 0.295. The molecule has 0 bridgehead atoms. The van der Waals surface area contributed by atoms with Gasteiger partial charge in [0.25, 0.3) is 0 Å². The molecule has 1 N–H and O–H groups in total. The molecule has 1 saturated carbocycles. The number of nitrogens with one attached hydrogen (secondary N) is 1. The van der Waals surface area contributed by atoms with Gasteiger partial charge >= 0.3 is 0 Å². The molecule has 0 aromatic heterocycles. The lowest BCUT2D eigenvalue weighted by atomic mass is 9.94. The van der Waals surface area contributed by atoms with Crippen LogP contribution in [0, 0.1) is 0 Å². The summed E-state index contributed by atoms with van der Waals surface area (Å²) in [6, 6.07) is 0.778. The highest BCUT2D eigenvalue weighted by Crippen LogP contribution is 2.18. The highest BCUT2D eigenvalue weighted by Gasteiger charge is 2.17. The van der Waals surface area contributed by atoms with Gasteiger partial charge in [-0.1, -0.05) is 32.1 Å². The molecular formula is C12H25N. The molecule has 0 aliphatic heterocycles. The summed E-state index contributed by atoms with van der Waals surface area (Å²) < 4.78 is 0. The van der Waals surface area contributed by atoms with Gasteiger partial charge in [0.2, 0.25) is 0 Å². The average molecular weight is 183 g/mol. The van der Waals surface area contributed by atoms with Gasteiger partial charge in [-0.3, -0.25) is 0 Å². The molecule has 1 nitrogen and oxygen atoms in total. The van der Waals surface area contributed by atoms with Crippen LogP contribution in [0.1, 0.15) is 65.7 Å². The molecule has 0 aromatic rings. The third-order valence-electron chi connectivity index (χ3n) is 2.74. The first kappa shape index (κ1) is 11.0. The van der Waals surface area contributed by atoms with Gasteiger partial charge in [0.15, 0.2) is 0 Å². The second-order valence-electron chi connectivity index (χ2n) is 5.44. The smallest absolute Gasteiger partial charge is 0.00990 e. The fourth-order valence-corrected chi connectivity index (χ4v) is 2.21. The van der Waals surface area contributed by atoms with Crippen molar-refractivity contribution >= 4 is 0 Å². The Labute approximate surface area is 83.3 Å². The van der Waals surface area contributed by atoms with E-state index in [0.717, 1.165) is 6.04 Å². The van der Waals surface area contributed by atoms with Crippen molar-refractivity contribution in [2.24, 2.45) is 0 Å². The normalized spacial score (nSPS) is 22.4. The Morgan fingerprint density at radius 1 is 0.846 bits per heavy atom. The maximum Gasteiger partial charge on any atom is 0.00990 e. The molecule has 0 saturated heterocycles. The topological polar surface area (TPSA) is 12.0 Å². The summed E-state index contributed by atoms with van der Waals surface area (Å²) in [6.07, 6.45) is 9.98. The van der Waals surface area contributed by atoms with Crippen LogP contribution >= 0.6 is 0 Å². The second kappa shape index (κ2) is 4.99. The average Bonchev–Trinajstić information content (AvgIpc) is 1.92. The van der Waals surface area contributed by atoms with Gasteiger partial charge in [-0.25, -0.2) is 0 Å². The van der Waals surface area contributed by atoms with Crippen molar-refractivity contribution in [3.05, 3.63) is 0 Å². The number of hydrogen-bond acceptors (Lipinski definition) is 1. The Balaban J connectivity index is 2.29. The van der Waals surface area contributed by atoms with Crippen LogP contribution in [0.3, 0.4) is 0 Å². The maximum absolute atomic E-state index is 3.73. The first-order valence-electron chi connectivity index (χ1n) is 5.86. The van der Waals surface area contributed by atoms with Gasteiger partial charge in [0.1, 0.15) is 0 Å². The highest BCUT2D eigenvalue weighted by molar-refractivity contribution is 4.78. The molecule has 13 heavy (non-hydrogen) atoms. The fraction of sp³-hybridized carbons (Fsp3) is 1.00. The van der Waals surface area contributed by atoms with Crippen LogP contribution in [0.4, 0.5) is 0 Å². The molecule has 1 heteroatoms. The summed E-state index contributed by atoms with van der Waals surface area (Å²) in [5.74, 6) is 0. The van der Waals surface area contributed by atoms with Crippen LogP contribution in [0.15, 0.2) is 0 Å². The Morgan fingerprint density at radius 2 is 1.31 bits per heavy atom. The van der Waals surface area contributed by atoms with E-state index in [2.05, 4.69) is 26.1 Å². The monoisotopic (exact) mass is 183 g/mol. The van der Waals surface area contributed by atoms with Gasteiger partial charge in [0, 0.05) is 11.6 Å². The summed E-state index contributed by atoms with van der Waals surface area (Å²) in [5, 5.41) is 3.73. The Hall–Kier alpha value is -0.0400. The van der Waals surface area contributed by atoms with Crippen LogP contribution in [-0.4, -0.2) is 11.6 Å². The first-order chi connectivity index (χ1) is 6.08. The van der Waals surface area contributed by atoms with Crippen LogP contribution in [-0.2, 0) is 0 Å². The van der Waals surface area contributed by atoms with Crippen molar-refractivity contribution in [2.45, 2.75) is 77.3 Å². The number of hydrogen-bond donors (Lipinski definition) is 1. The van der Waals surface area contributed by atoms with Crippen molar-refractivity contribution in [3.8, 4) is 0 Å². The molecule has 1 aliphatic carbocycles. The summed E-state index contributed by atoms with van der Waals surface area (Å²) in [4.78, 5) is 0. The van der Waals surface area contributed by atoms with Crippen LogP contribution in [0.5, 0.6) is 0 Å². The van der Waals surface area contributed by atoms with Crippen molar-refractivity contribution in [1.29, 1.82) is 0 Å². The Morgan fingerprint density at radius 3 is 1.77 bits per heavy atom. The predicted molar refractivity (Wildman–Crippen MR) is 59.0 cm³/mol. The highest BCUT2D eigenvalue weighted by atomic mass is 15.0. The molecule has 0 aromatic carbocycles. The van der Waals surface area contributed by atoms with Crippen molar-refractivity contribution < 1.29 is 0 Å². The zero-order valence-corrected chi connectivity index (χ0v) is 9.53. The van der Waals surface area contributed by atoms with Gasteiger partial charge in [-0.05, 0) is 33.6 Å². The second-order valence-corrected chi connectivity index (χ2v) is 5.44. The molecule has 0 unspecified atom stereocenters. The molecule has 0 amide bonds. The zero-order chi connectivity index (χ0) is 9.73. The lowest BCUT2D eigenvalue weighted by Gasteiger charge is -2.29. The molecule has 0 heterocycles. The lowest BCUT2D eigenvalue weighted by molar-refractivity contribution is 0.308. The van der Waals surface area contributed by atoms with Gasteiger partial charge in [-0.2, -0.15) is 0 Å². The Bertz CT molecular complexity index is 127. The zero-order valence-electron chi connectivity index (χ0n) is 9.53. The molecule has 1 fully saturated rings. The maximum atomic E-state index is 3.73. The van der Waals surface area contributed by atoms with E-state index in [9.17, 15) is 0 Å². The van der Waals surface area contributed by atoms with E-state index in [1.165, 1.54) is 44.9 Å². The van der Waals surface area contributed by atoms with E-state index < -0.39 is 0 Å². The number of rotatable bonds is 1. The van der Waals surface area contributed by atoms with Crippen molar-refractivity contribution in [1.82, 2.24) is 5.32 Å². The van der Waals surface area contributed by atoms with Gasteiger partial charge in [0.05, 0.1) is 0 Å². The SMILES string of the molecule is CC(C)(C)NC1CCCCCCC1. The van der Waals surface area contributed by atoms with Gasteiger partial charge < -0.3 is 5.32 Å². The quantitative estimate of drug-likeness (QED) is 0.656. The standard InChI is InChI=1S/C12H25N/c1-12(2,3)13-11-9-7-5-4-6-8-10-11/h11,13H,4-10H2,1-3H3. The van der Waals surface area contributed by atoms with Crippen LogP contribution in [0.25, 0.3) is 0 Å². The largest absolute Gasteiger partial charge is 0.309 e. The summed E-state index contributed by atoms with van der Waals surface area (Å²) in [6.45, 7) is 6.81. The first-order valence-corrected chi connectivity index (χ1v) is 5.86. The molecule has 1 aliphatic rings. The van der Waals surface area contributed by atoms with Crippen LogP contribution in [0.2, 0.25) is 0 Å². The van der Waals surface area contributed by atoms with E-state index in [1.54, 1.807) is 0 Å². The summed E-state index contributed by atoms with van der Waals surface area (Å²) in [7, 11) is 0. The molecular weight excluding hydrogens is 158 g/mol. The third-order valence-corrected chi connectivity index (χ3v) is 2.74. The predicted octanol–water partition coefficient (Wildman–Crippen LogP) is 3.49. The van der Waals surface area contributed by atoms with E-state index in [4.69, 9.17) is 0 Å². The fourth-order valence-electron chi connectivity index (χ4n) is 2.21. The van der Waals surface area contributed by atoms with Gasteiger partial charge in [-0.15, -0.1) is 0 Å². The van der Waals surface area contributed by atoms with E-state index in [0.29, 0.717) is 5.54 Å². The minimum absolute atomic E-state index is 0.295. The molecule has 0 spiro atoms. The van der Waals surface area contributed by atoms with E-state index in [1.807, 2.05) is 0 Å². The molecule has 0 atom stereocenters. The van der Waals surface area contributed by atoms with E-state index in [-0.39, 0.29) is 0 Å². The van der Waals surface area contributed by atoms with Crippen molar-refractivity contribution in [3.63, 3.8) is 0 Å². The summed E-state index contributed by atoms with van der Waals surface area (Å²) in [5.41, 5.74) is 0.295. The van der Waals surface area contributed by atoms with Crippen molar-refractivity contribution in [2.75, 3.05) is 0 Å². The molecule has 78 valence electrons. The third kappa shape index (κ3) is 5.30. The Kier molecular flexibility index (Phi) is 4.24. The molecule has 1 rings (SSSR count). The van der Waals surface area contributed by atoms with E-state index >= 15 is 0 Å². The summed E-state index contributed by atoms with van der Waals surface area (Å²) >= 11 is 0. The molecule has 0 radical (unpaired) electrons. The lowest BCUT2D eigenvalue weighted by Crippen LogP contribution is -2.43. The van der Waals surface area contributed by atoms with Crippen LogP contribution < -0.4 is 5.32 Å². The minimum Gasteiger partial charge on any atom is -0.309 e.